The van der Waals surface area contributed by atoms with E-state index >= 15 is 0 Å². The first kappa shape index (κ1) is 8.75. The van der Waals surface area contributed by atoms with Crippen molar-refractivity contribution in [2.24, 2.45) is 0 Å². The summed E-state index contributed by atoms with van der Waals surface area (Å²) in [6.45, 7) is 0.689. The number of nitrogens with one attached hydrogen (secondary N) is 1. The molecule has 2 N–H and O–H groups in total. The maximum absolute atomic E-state index is 8.30. The first-order valence-electron chi connectivity index (χ1n) is 3.48. The Labute approximate surface area is 72.7 Å². The summed E-state index contributed by atoms with van der Waals surface area (Å²) >= 11 is 0.497. The molecule has 0 spiro atoms. The van der Waals surface area contributed by atoms with Crippen LogP contribution in [0.1, 0.15) is 0 Å². The summed E-state index contributed by atoms with van der Waals surface area (Å²) in [5, 5.41) is 9.34. The Bertz CT molecular complexity index is 191. The standard InChI is InChI=1S/C8H11NOSe/c10-9-6-7-11-8-4-2-1-3-5-8/h1-5,9-10H,6-7H2. The molecule has 0 fully saturated rings. The van der Waals surface area contributed by atoms with E-state index in [1.807, 2.05) is 18.2 Å². The van der Waals surface area contributed by atoms with Crippen molar-refractivity contribution in [1.82, 2.24) is 5.48 Å². The predicted molar refractivity (Wildman–Crippen MR) is 46.4 cm³/mol. The maximum atomic E-state index is 8.30. The first-order valence-corrected chi connectivity index (χ1v) is 5.55. The van der Waals surface area contributed by atoms with Gasteiger partial charge >= 0.3 is 72.3 Å². The molecular weight excluding hydrogens is 205 g/mol. The number of hydrogen-bond donors (Lipinski definition) is 2. The fraction of sp³-hybridized carbons (Fsp3) is 0.250. The average molecular weight is 216 g/mol. The molecule has 2 nitrogen and oxygen atoms in total. The van der Waals surface area contributed by atoms with Crippen LogP contribution in [0.15, 0.2) is 30.3 Å². The second kappa shape index (κ2) is 5.33. The van der Waals surface area contributed by atoms with Gasteiger partial charge in [0.15, 0.2) is 0 Å². The topological polar surface area (TPSA) is 32.3 Å². The van der Waals surface area contributed by atoms with E-state index in [1.54, 1.807) is 0 Å². The van der Waals surface area contributed by atoms with Crippen molar-refractivity contribution in [2.75, 3.05) is 6.54 Å². The van der Waals surface area contributed by atoms with Crippen molar-refractivity contribution < 1.29 is 5.21 Å². The van der Waals surface area contributed by atoms with E-state index in [0.717, 1.165) is 5.32 Å². The van der Waals surface area contributed by atoms with Crippen molar-refractivity contribution in [3.63, 3.8) is 0 Å². The molecule has 0 unspecified atom stereocenters. The Morgan fingerprint density at radius 1 is 1.27 bits per heavy atom. The number of benzene rings is 1. The van der Waals surface area contributed by atoms with E-state index in [2.05, 4.69) is 17.6 Å². The van der Waals surface area contributed by atoms with E-state index in [0.29, 0.717) is 21.5 Å². The van der Waals surface area contributed by atoms with Crippen molar-refractivity contribution in [1.29, 1.82) is 0 Å². The molecule has 0 aliphatic carbocycles. The predicted octanol–water partition coefficient (Wildman–Crippen LogP) is 0.413. The molecule has 0 aliphatic heterocycles. The molecule has 1 aromatic rings. The van der Waals surface area contributed by atoms with Gasteiger partial charge in [-0.1, -0.05) is 0 Å². The summed E-state index contributed by atoms with van der Waals surface area (Å²) in [5.74, 6) is 0. The van der Waals surface area contributed by atoms with Crippen LogP contribution in [0.5, 0.6) is 0 Å². The number of hydroxylamine groups is 1. The third-order valence-electron chi connectivity index (χ3n) is 1.23. The molecule has 0 saturated heterocycles. The van der Waals surface area contributed by atoms with Gasteiger partial charge in [-0.2, -0.15) is 0 Å². The Morgan fingerprint density at radius 3 is 2.64 bits per heavy atom. The van der Waals surface area contributed by atoms with Crippen LogP contribution in [0.3, 0.4) is 0 Å². The van der Waals surface area contributed by atoms with Gasteiger partial charge in [0.2, 0.25) is 0 Å². The summed E-state index contributed by atoms with van der Waals surface area (Å²) < 4.78 is 1.38. The Kier molecular flexibility index (Phi) is 4.24. The second-order valence-electron chi connectivity index (χ2n) is 2.07. The molecule has 0 bridgehead atoms. The Morgan fingerprint density at radius 2 is 2.00 bits per heavy atom. The molecule has 0 heterocycles. The molecule has 0 radical (unpaired) electrons. The third-order valence-corrected chi connectivity index (χ3v) is 3.35. The Balaban J connectivity index is 2.28. The fourth-order valence-electron chi connectivity index (χ4n) is 0.731. The van der Waals surface area contributed by atoms with Crippen LogP contribution >= 0.6 is 0 Å². The van der Waals surface area contributed by atoms with E-state index in [-0.39, 0.29) is 0 Å². The van der Waals surface area contributed by atoms with Crippen LogP contribution in [-0.4, -0.2) is 26.7 Å². The SMILES string of the molecule is ONCC[Se]c1ccccc1. The van der Waals surface area contributed by atoms with Gasteiger partial charge in [0.25, 0.3) is 0 Å². The van der Waals surface area contributed by atoms with Gasteiger partial charge < -0.3 is 0 Å². The normalized spacial score (nSPS) is 9.91. The van der Waals surface area contributed by atoms with E-state index in [4.69, 9.17) is 5.21 Å². The van der Waals surface area contributed by atoms with Gasteiger partial charge in [0.05, 0.1) is 0 Å². The summed E-state index contributed by atoms with van der Waals surface area (Å²) in [7, 11) is 0. The Hall–Kier alpha value is -0.341. The second-order valence-corrected chi connectivity index (χ2v) is 4.52. The minimum atomic E-state index is 0.497. The van der Waals surface area contributed by atoms with Crippen LogP contribution in [-0.2, 0) is 0 Å². The zero-order valence-electron chi connectivity index (χ0n) is 6.16. The molecule has 0 aromatic heterocycles. The minimum absolute atomic E-state index is 0.497. The van der Waals surface area contributed by atoms with Gasteiger partial charge in [-0.15, -0.1) is 0 Å². The molecule has 3 heteroatoms. The van der Waals surface area contributed by atoms with Crippen molar-refractivity contribution in [3.05, 3.63) is 30.3 Å². The zero-order valence-corrected chi connectivity index (χ0v) is 7.87. The quantitative estimate of drug-likeness (QED) is 0.434. The molecular formula is C8H11NOSe. The number of hydrogen-bond acceptors (Lipinski definition) is 2. The van der Waals surface area contributed by atoms with Crippen LogP contribution in [0.25, 0.3) is 0 Å². The molecule has 0 aliphatic rings. The van der Waals surface area contributed by atoms with Crippen LogP contribution in [0.4, 0.5) is 0 Å². The monoisotopic (exact) mass is 217 g/mol. The van der Waals surface area contributed by atoms with Crippen molar-refractivity contribution in [3.8, 4) is 0 Å². The third kappa shape index (κ3) is 3.54. The van der Waals surface area contributed by atoms with Gasteiger partial charge in [0, 0.05) is 0 Å². The van der Waals surface area contributed by atoms with Crippen molar-refractivity contribution >= 4 is 19.4 Å². The average Bonchev–Trinajstić information content (AvgIpc) is 2.07. The summed E-state index contributed by atoms with van der Waals surface area (Å²) in [4.78, 5) is 0. The van der Waals surface area contributed by atoms with E-state index in [1.165, 1.54) is 4.46 Å². The molecule has 0 atom stereocenters. The zero-order chi connectivity index (χ0) is 7.94. The molecule has 60 valence electrons. The molecule has 0 saturated carbocycles. The molecule has 1 aromatic carbocycles. The summed E-state index contributed by atoms with van der Waals surface area (Å²) in [6.07, 6.45) is 0. The fourth-order valence-corrected chi connectivity index (χ4v) is 2.36. The van der Waals surface area contributed by atoms with E-state index < -0.39 is 0 Å². The van der Waals surface area contributed by atoms with Crippen molar-refractivity contribution in [2.45, 2.75) is 5.32 Å². The van der Waals surface area contributed by atoms with Crippen LogP contribution in [0.2, 0.25) is 5.32 Å². The van der Waals surface area contributed by atoms with Gasteiger partial charge in [-0.05, 0) is 0 Å². The van der Waals surface area contributed by atoms with Gasteiger partial charge in [-0.25, -0.2) is 0 Å². The number of rotatable bonds is 4. The summed E-state index contributed by atoms with van der Waals surface area (Å²) in [5.41, 5.74) is 2.15. The van der Waals surface area contributed by atoms with Gasteiger partial charge in [0.1, 0.15) is 0 Å². The van der Waals surface area contributed by atoms with Gasteiger partial charge in [-0.3, -0.25) is 0 Å². The van der Waals surface area contributed by atoms with E-state index in [9.17, 15) is 0 Å². The first-order chi connectivity index (χ1) is 5.43. The van der Waals surface area contributed by atoms with Crippen LogP contribution < -0.4 is 9.94 Å². The van der Waals surface area contributed by atoms with Crippen LogP contribution in [0, 0.1) is 0 Å². The molecule has 11 heavy (non-hydrogen) atoms. The molecule has 1 rings (SSSR count). The summed E-state index contributed by atoms with van der Waals surface area (Å²) in [6, 6.07) is 10.4. The molecule has 0 amide bonds.